The molecular formula is C10H12F6O4. The van der Waals surface area contributed by atoms with Gasteiger partial charge in [-0.05, 0) is 0 Å². The van der Waals surface area contributed by atoms with Crippen LogP contribution in [0.2, 0.25) is 0 Å². The molecule has 0 rings (SSSR count). The van der Waals surface area contributed by atoms with E-state index in [1.165, 1.54) is 7.11 Å². The average Bonchev–Trinajstić information content (AvgIpc) is 2.25. The van der Waals surface area contributed by atoms with E-state index in [-0.39, 0.29) is 18.3 Å². The number of rotatable bonds is 4. The second kappa shape index (κ2) is 7.98. The van der Waals surface area contributed by atoms with E-state index in [1.54, 1.807) is 0 Å². The number of alkyl halides is 6. The Hall–Kier alpha value is -1.45. The molecule has 0 aliphatic heterocycles. The van der Waals surface area contributed by atoms with Crippen LogP contribution < -0.4 is 0 Å². The molecule has 0 aromatic heterocycles. The summed E-state index contributed by atoms with van der Waals surface area (Å²) in [6.07, 6.45) is -11.5. The standard InChI is InChI=1S/C6H12O2.C4F6O2/c1-5(2)6(7)4-8-3;5-3(6,7)1(11)2(12)4(8,9)10/h5H,4H2,1-3H3;. The molecule has 10 heteroatoms. The van der Waals surface area contributed by atoms with E-state index in [4.69, 9.17) is 0 Å². The van der Waals surface area contributed by atoms with Gasteiger partial charge in [0.25, 0.3) is 0 Å². The maximum Gasteiger partial charge on any atom is 0.458 e. The van der Waals surface area contributed by atoms with E-state index >= 15 is 0 Å². The second-order valence-electron chi connectivity index (χ2n) is 3.71. The molecular weight excluding hydrogens is 298 g/mol. The maximum atomic E-state index is 11.2. The molecule has 0 atom stereocenters. The van der Waals surface area contributed by atoms with Crippen molar-refractivity contribution in [3.05, 3.63) is 0 Å². The third-order valence-corrected chi connectivity index (χ3v) is 1.65. The normalized spacial score (nSPS) is 11.7. The molecule has 0 aromatic carbocycles. The van der Waals surface area contributed by atoms with Gasteiger partial charge in [-0.15, -0.1) is 0 Å². The van der Waals surface area contributed by atoms with Gasteiger partial charge in [0.15, 0.2) is 5.78 Å². The molecule has 4 nitrogen and oxygen atoms in total. The molecule has 0 radical (unpaired) electrons. The first kappa shape index (κ1) is 20.9. The van der Waals surface area contributed by atoms with Crippen LogP contribution in [0.5, 0.6) is 0 Å². The fraction of sp³-hybridized carbons (Fsp3) is 0.700. The van der Waals surface area contributed by atoms with Crippen molar-refractivity contribution in [3.63, 3.8) is 0 Å². The van der Waals surface area contributed by atoms with Crippen LogP contribution in [-0.2, 0) is 19.1 Å². The summed E-state index contributed by atoms with van der Waals surface area (Å²) in [7, 11) is 1.53. The molecule has 0 saturated carbocycles. The van der Waals surface area contributed by atoms with Crippen molar-refractivity contribution in [3.8, 4) is 0 Å². The number of carbonyl (C=O) groups excluding carboxylic acids is 3. The van der Waals surface area contributed by atoms with Crippen molar-refractivity contribution in [1.29, 1.82) is 0 Å². The molecule has 0 bridgehead atoms. The summed E-state index contributed by atoms with van der Waals surface area (Å²) < 4.78 is 71.6. The zero-order valence-corrected chi connectivity index (χ0v) is 10.7. The number of methoxy groups -OCH3 is 1. The second-order valence-corrected chi connectivity index (χ2v) is 3.71. The Balaban J connectivity index is 0. The molecule has 20 heavy (non-hydrogen) atoms. The predicted octanol–water partition coefficient (Wildman–Crippen LogP) is 2.11. The minimum Gasteiger partial charge on any atom is -0.377 e. The number of halogens is 6. The summed E-state index contributed by atoms with van der Waals surface area (Å²) in [5.41, 5.74) is 0. The Morgan fingerprint density at radius 2 is 1.20 bits per heavy atom. The highest BCUT2D eigenvalue weighted by molar-refractivity contribution is 6.41. The van der Waals surface area contributed by atoms with Crippen LogP contribution in [0.25, 0.3) is 0 Å². The quantitative estimate of drug-likeness (QED) is 0.589. The summed E-state index contributed by atoms with van der Waals surface area (Å²) in [5.74, 6) is -6.55. The Morgan fingerprint density at radius 3 is 1.30 bits per heavy atom. The Morgan fingerprint density at radius 1 is 0.900 bits per heavy atom. The van der Waals surface area contributed by atoms with Crippen molar-refractivity contribution < 1.29 is 45.5 Å². The van der Waals surface area contributed by atoms with Crippen LogP contribution in [-0.4, -0.2) is 43.4 Å². The van der Waals surface area contributed by atoms with Gasteiger partial charge in [-0.1, -0.05) is 13.8 Å². The molecule has 0 spiro atoms. The Labute approximate surface area is 110 Å². The number of ether oxygens (including phenoxy) is 1. The highest BCUT2D eigenvalue weighted by atomic mass is 19.4. The molecule has 0 N–H and O–H groups in total. The van der Waals surface area contributed by atoms with Crippen LogP contribution in [0.15, 0.2) is 0 Å². The molecule has 0 fully saturated rings. The molecule has 0 amide bonds. The fourth-order valence-electron chi connectivity index (χ4n) is 0.566. The Bertz CT molecular complexity index is 332. The van der Waals surface area contributed by atoms with E-state index in [2.05, 4.69) is 4.74 Å². The Kier molecular flexibility index (Phi) is 8.32. The molecule has 118 valence electrons. The molecule has 0 aliphatic carbocycles. The highest BCUT2D eigenvalue weighted by Crippen LogP contribution is 2.23. The fourth-order valence-corrected chi connectivity index (χ4v) is 0.566. The van der Waals surface area contributed by atoms with Gasteiger partial charge in [0.1, 0.15) is 6.61 Å². The lowest BCUT2D eigenvalue weighted by Crippen LogP contribution is -2.39. The highest BCUT2D eigenvalue weighted by Gasteiger charge is 2.54. The molecule has 0 heterocycles. The van der Waals surface area contributed by atoms with Gasteiger partial charge < -0.3 is 4.74 Å². The van der Waals surface area contributed by atoms with Gasteiger partial charge in [-0.25, -0.2) is 0 Å². The van der Waals surface area contributed by atoms with Gasteiger partial charge in [0, 0.05) is 13.0 Å². The van der Waals surface area contributed by atoms with Crippen LogP contribution in [0.4, 0.5) is 26.3 Å². The van der Waals surface area contributed by atoms with E-state index < -0.39 is 23.9 Å². The minimum absolute atomic E-state index is 0.106. The lowest BCUT2D eigenvalue weighted by Gasteiger charge is -2.05. The number of hydrogen-bond acceptors (Lipinski definition) is 4. The average molecular weight is 310 g/mol. The van der Waals surface area contributed by atoms with Crippen molar-refractivity contribution in [2.24, 2.45) is 5.92 Å². The first-order valence-corrected chi connectivity index (χ1v) is 4.99. The lowest BCUT2D eigenvalue weighted by molar-refractivity contribution is -0.193. The monoisotopic (exact) mass is 310 g/mol. The summed E-state index contributed by atoms with van der Waals surface area (Å²) in [6.45, 7) is 3.97. The van der Waals surface area contributed by atoms with Gasteiger partial charge in [-0.2, -0.15) is 26.3 Å². The van der Waals surface area contributed by atoms with Crippen molar-refractivity contribution >= 4 is 17.3 Å². The third-order valence-electron chi connectivity index (χ3n) is 1.65. The summed E-state index contributed by atoms with van der Waals surface area (Å²) in [5, 5.41) is 0. The number of ketones is 3. The summed E-state index contributed by atoms with van der Waals surface area (Å²) in [4.78, 5) is 29.9. The SMILES string of the molecule is COCC(=O)C(C)C.O=C(C(=O)C(F)(F)F)C(F)(F)F. The maximum absolute atomic E-state index is 11.2. The van der Waals surface area contributed by atoms with Crippen LogP contribution in [0.1, 0.15) is 13.8 Å². The molecule has 0 aliphatic rings. The summed E-state index contributed by atoms with van der Waals surface area (Å²) >= 11 is 0. The van der Waals surface area contributed by atoms with E-state index in [1.807, 2.05) is 13.8 Å². The first-order valence-electron chi connectivity index (χ1n) is 4.99. The molecule has 0 saturated heterocycles. The van der Waals surface area contributed by atoms with E-state index in [0.29, 0.717) is 0 Å². The van der Waals surface area contributed by atoms with Gasteiger partial charge in [0.2, 0.25) is 0 Å². The number of hydrogen-bond donors (Lipinski definition) is 0. The number of Topliss-reactive ketones (excluding diaryl/α,β-unsaturated/α-hetero) is 3. The van der Waals surface area contributed by atoms with Crippen LogP contribution in [0.3, 0.4) is 0 Å². The van der Waals surface area contributed by atoms with Crippen molar-refractivity contribution in [2.75, 3.05) is 13.7 Å². The molecule has 0 aromatic rings. The van der Waals surface area contributed by atoms with Crippen molar-refractivity contribution in [1.82, 2.24) is 0 Å². The van der Waals surface area contributed by atoms with Gasteiger partial charge >= 0.3 is 23.9 Å². The summed E-state index contributed by atoms with van der Waals surface area (Å²) in [6, 6.07) is 0. The van der Waals surface area contributed by atoms with E-state index in [0.717, 1.165) is 0 Å². The lowest BCUT2D eigenvalue weighted by atomic mass is 10.1. The largest absolute Gasteiger partial charge is 0.458 e. The third kappa shape index (κ3) is 8.62. The van der Waals surface area contributed by atoms with Crippen molar-refractivity contribution in [2.45, 2.75) is 26.2 Å². The first-order chi connectivity index (χ1) is 8.75. The van der Waals surface area contributed by atoms with Gasteiger partial charge in [0.05, 0.1) is 0 Å². The minimum atomic E-state index is -5.77. The zero-order valence-electron chi connectivity index (χ0n) is 10.7. The van der Waals surface area contributed by atoms with Gasteiger partial charge in [-0.3, -0.25) is 14.4 Å². The van der Waals surface area contributed by atoms with Crippen LogP contribution >= 0.6 is 0 Å². The van der Waals surface area contributed by atoms with Crippen LogP contribution in [0, 0.1) is 5.92 Å². The number of carbonyl (C=O) groups is 3. The zero-order chi connectivity index (χ0) is 16.7. The predicted molar refractivity (Wildman–Crippen MR) is 53.8 cm³/mol. The van der Waals surface area contributed by atoms with E-state index in [9.17, 15) is 40.7 Å². The molecule has 0 unspecified atom stereocenters. The smallest absolute Gasteiger partial charge is 0.377 e. The topological polar surface area (TPSA) is 60.4 Å².